The molecule has 4 nitrogen and oxygen atoms in total. The molecule has 0 saturated carbocycles. The topological polar surface area (TPSA) is 43.8 Å². The molecule has 21 heavy (non-hydrogen) atoms. The maximum Gasteiger partial charge on any atom is 0.328 e. The highest BCUT2D eigenvalue weighted by Gasteiger charge is 2.20. The fourth-order valence-corrected chi connectivity index (χ4v) is 2.74. The van der Waals surface area contributed by atoms with Crippen molar-refractivity contribution in [3.8, 4) is 0 Å². The highest BCUT2D eigenvalue weighted by molar-refractivity contribution is 5.87. The number of hydrogen-bond donors (Lipinski definition) is 1. The van der Waals surface area contributed by atoms with Crippen LogP contribution in [0.25, 0.3) is 6.08 Å². The molecule has 1 fully saturated rings. The Labute approximate surface area is 126 Å². The molecule has 1 aromatic carbocycles. The van der Waals surface area contributed by atoms with E-state index in [1.165, 1.54) is 6.08 Å². The van der Waals surface area contributed by atoms with E-state index < -0.39 is 5.97 Å². The summed E-state index contributed by atoms with van der Waals surface area (Å²) in [6.45, 7) is 10.5. The molecule has 0 atom stereocenters. The molecular weight excluding hydrogens is 264 g/mol. The van der Waals surface area contributed by atoms with E-state index in [1.807, 2.05) is 13.0 Å². The van der Waals surface area contributed by atoms with Gasteiger partial charge in [-0.2, -0.15) is 0 Å². The van der Waals surface area contributed by atoms with Gasteiger partial charge in [0, 0.05) is 44.0 Å². The van der Waals surface area contributed by atoms with Crippen LogP contribution >= 0.6 is 0 Å². The molecule has 0 spiro atoms. The molecule has 114 valence electrons. The van der Waals surface area contributed by atoms with Gasteiger partial charge in [0.15, 0.2) is 0 Å². The van der Waals surface area contributed by atoms with Crippen LogP contribution in [0.15, 0.2) is 24.3 Å². The molecule has 0 bridgehead atoms. The predicted molar refractivity (Wildman–Crippen MR) is 86.8 cm³/mol. The van der Waals surface area contributed by atoms with Gasteiger partial charge in [-0.05, 0) is 44.5 Å². The Bertz CT molecular complexity index is 530. The van der Waals surface area contributed by atoms with Crippen molar-refractivity contribution in [2.24, 2.45) is 0 Å². The molecular formula is C17H24N2O2. The van der Waals surface area contributed by atoms with E-state index in [9.17, 15) is 4.79 Å². The van der Waals surface area contributed by atoms with Crippen LogP contribution in [-0.4, -0.2) is 48.2 Å². The van der Waals surface area contributed by atoms with Gasteiger partial charge in [0.1, 0.15) is 0 Å². The minimum absolute atomic E-state index is 0.580. The summed E-state index contributed by atoms with van der Waals surface area (Å²) in [5.41, 5.74) is 3.25. The van der Waals surface area contributed by atoms with Crippen molar-refractivity contribution in [2.45, 2.75) is 26.8 Å². The molecule has 1 saturated heterocycles. The van der Waals surface area contributed by atoms with Crippen molar-refractivity contribution in [1.29, 1.82) is 0 Å². The van der Waals surface area contributed by atoms with E-state index in [-0.39, 0.29) is 0 Å². The second-order valence-electron chi connectivity index (χ2n) is 5.85. The second kappa shape index (κ2) is 6.76. The first kappa shape index (κ1) is 15.6. The van der Waals surface area contributed by atoms with E-state index in [4.69, 9.17) is 5.11 Å². The average molecular weight is 288 g/mol. The van der Waals surface area contributed by atoms with E-state index >= 15 is 0 Å². The van der Waals surface area contributed by atoms with Crippen molar-refractivity contribution in [1.82, 2.24) is 4.90 Å². The number of anilines is 1. The van der Waals surface area contributed by atoms with Gasteiger partial charge < -0.3 is 10.0 Å². The average Bonchev–Trinajstić information content (AvgIpc) is 2.45. The van der Waals surface area contributed by atoms with E-state index in [0.29, 0.717) is 6.04 Å². The largest absolute Gasteiger partial charge is 0.478 e. The van der Waals surface area contributed by atoms with Gasteiger partial charge in [0.05, 0.1) is 0 Å². The number of aliphatic carboxylic acids is 1. The van der Waals surface area contributed by atoms with E-state index in [1.54, 1.807) is 6.08 Å². The predicted octanol–water partition coefficient (Wildman–Crippen LogP) is 2.62. The minimum Gasteiger partial charge on any atom is -0.478 e. The molecule has 2 rings (SSSR count). The van der Waals surface area contributed by atoms with Crippen molar-refractivity contribution in [3.05, 3.63) is 35.4 Å². The number of carbonyl (C=O) groups is 1. The molecule has 0 amide bonds. The lowest BCUT2D eigenvalue weighted by molar-refractivity contribution is -0.131. The summed E-state index contributed by atoms with van der Waals surface area (Å²) < 4.78 is 0. The van der Waals surface area contributed by atoms with Crippen LogP contribution in [0.2, 0.25) is 0 Å². The maximum absolute atomic E-state index is 10.8. The van der Waals surface area contributed by atoms with Crippen LogP contribution in [0, 0.1) is 6.92 Å². The van der Waals surface area contributed by atoms with E-state index in [0.717, 1.165) is 43.0 Å². The Balaban J connectivity index is 2.18. The number of aryl methyl sites for hydroxylation is 1. The lowest BCUT2D eigenvalue weighted by Crippen LogP contribution is -2.49. The highest BCUT2D eigenvalue weighted by Crippen LogP contribution is 2.25. The smallest absolute Gasteiger partial charge is 0.328 e. The molecule has 1 aliphatic rings. The fraction of sp³-hybridized carbons (Fsp3) is 0.471. The Morgan fingerprint density at radius 2 is 1.90 bits per heavy atom. The zero-order valence-corrected chi connectivity index (χ0v) is 13.0. The first-order chi connectivity index (χ1) is 9.97. The van der Waals surface area contributed by atoms with Crippen LogP contribution < -0.4 is 4.90 Å². The number of nitrogens with zero attached hydrogens (tertiary/aromatic N) is 2. The molecule has 0 aliphatic carbocycles. The third-order valence-corrected chi connectivity index (χ3v) is 3.97. The van der Waals surface area contributed by atoms with Crippen molar-refractivity contribution in [2.75, 3.05) is 31.1 Å². The minimum atomic E-state index is -0.910. The van der Waals surface area contributed by atoms with Gasteiger partial charge in [0.25, 0.3) is 0 Å². The SMILES string of the molecule is Cc1ccc(N2CCN(C(C)C)CC2)c(/C=C/C(=O)O)c1. The number of piperazine rings is 1. The van der Waals surface area contributed by atoms with Crippen LogP contribution in [0.5, 0.6) is 0 Å². The Kier molecular flexibility index (Phi) is 5.02. The lowest BCUT2D eigenvalue weighted by atomic mass is 10.1. The Morgan fingerprint density at radius 3 is 2.48 bits per heavy atom. The molecule has 0 unspecified atom stereocenters. The van der Waals surface area contributed by atoms with Crippen LogP contribution in [0.3, 0.4) is 0 Å². The van der Waals surface area contributed by atoms with E-state index in [2.05, 4.69) is 35.8 Å². The lowest BCUT2D eigenvalue weighted by Gasteiger charge is -2.38. The monoisotopic (exact) mass is 288 g/mol. The molecule has 0 aromatic heterocycles. The first-order valence-corrected chi connectivity index (χ1v) is 7.48. The van der Waals surface area contributed by atoms with Crippen LogP contribution in [0.4, 0.5) is 5.69 Å². The summed E-state index contributed by atoms with van der Waals surface area (Å²) in [6.07, 6.45) is 2.90. The van der Waals surface area contributed by atoms with Gasteiger partial charge in [-0.3, -0.25) is 4.90 Å². The summed E-state index contributed by atoms with van der Waals surface area (Å²) in [6, 6.07) is 6.81. The van der Waals surface area contributed by atoms with Gasteiger partial charge in [-0.1, -0.05) is 11.6 Å². The molecule has 1 N–H and O–H groups in total. The Hall–Kier alpha value is -1.81. The highest BCUT2D eigenvalue weighted by atomic mass is 16.4. The molecule has 1 aromatic rings. The zero-order chi connectivity index (χ0) is 15.4. The van der Waals surface area contributed by atoms with Gasteiger partial charge >= 0.3 is 5.97 Å². The van der Waals surface area contributed by atoms with Gasteiger partial charge in [-0.25, -0.2) is 4.79 Å². The standard InChI is InChI=1S/C17H24N2O2/c1-13(2)18-8-10-19(11-9-18)16-6-4-14(3)12-15(16)5-7-17(20)21/h4-7,12-13H,8-11H2,1-3H3,(H,20,21)/b7-5+. The Morgan fingerprint density at radius 1 is 1.24 bits per heavy atom. The summed E-state index contributed by atoms with van der Waals surface area (Å²) in [5, 5.41) is 8.83. The number of rotatable bonds is 4. The zero-order valence-electron chi connectivity index (χ0n) is 13.0. The van der Waals surface area contributed by atoms with Gasteiger partial charge in [0.2, 0.25) is 0 Å². The number of carboxylic acid groups (broad SMARTS) is 1. The molecule has 0 radical (unpaired) electrons. The summed E-state index contributed by atoms with van der Waals surface area (Å²) in [4.78, 5) is 15.6. The molecule has 4 heteroatoms. The quantitative estimate of drug-likeness (QED) is 0.865. The number of carboxylic acids is 1. The van der Waals surface area contributed by atoms with Crippen molar-refractivity contribution < 1.29 is 9.90 Å². The van der Waals surface area contributed by atoms with Crippen LogP contribution in [-0.2, 0) is 4.79 Å². The summed E-state index contributed by atoms with van der Waals surface area (Å²) in [5.74, 6) is -0.910. The molecule has 1 aliphatic heterocycles. The fourth-order valence-electron chi connectivity index (χ4n) is 2.74. The summed E-state index contributed by atoms with van der Waals surface area (Å²) in [7, 11) is 0. The number of benzene rings is 1. The first-order valence-electron chi connectivity index (χ1n) is 7.48. The number of hydrogen-bond acceptors (Lipinski definition) is 3. The van der Waals surface area contributed by atoms with Crippen molar-refractivity contribution >= 4 is 17.7 Å². The normalized spacial score (nSPS) is 16.9. The maximum atomic E-state index is 10.8. The van der Waals surface area contributed by atoms with Crippen molar-refractivity contribution in [3.63, 3.8) is 0 Å². The summed E-state index contributed by atoms with van der Waals surface area (Å²) >= 11 is 0. The third kappa shape index (κ3) is 4.08. The molecule has 1 heterocycles. The van der Waals surface area contributed by atoms with Gasteiger partial charge in [-0.15, -0.1) is 0 Å². The third-order valence-electron chi connectivity index (χ3n) is 3.97. The second-order valence-corrected chi connectivity index (χ2v) is 5.85. The van der Waals surface area contributed by atoms with Crippen LogP contribution in [0.1, 0.15) is 25.0 Å².